The van der Waals surface area contributed by atoms with E-state index < -0.39 is 50.2 Å². The number of ether oxygens (including phenoxy) is 1. The molecule has 0 aliphatic heterocycles. The highest BCUT2D eigenvalue weighted by Gasteiger charge is 2.40. The molecule has 0 aliphatic rings. The van der Waals surface area contributed by atoms with Crippen molar-refractivity contribution >= 4 is 19.7 Å². The van der Waals surface area contributed by atoms with Gasteiger partial charge in [0.15, 0.2) is 5.75 Å². The summed E-state index contributed by atoms with van der Waals surface area (Å²) in [5.41, 5.74) is 2.38. The Morgan fingerprint density at radius 3 is 2.10 bits per heavy atom. The minimum absolute atomic E-state index is 0.145. The molecule has 1 heterocycles. The van der Waals surface area contributed by atoms with E-state index >= 15 is 0 Å². The summed E-state index contributed by atoms with van der Waals surface area (Å²) in [5, 5.41) is -1.71. The van der Waals surface area contributed by atoms with E-state index in [2.05, 4.69) is 9.72 Å². The lowest BCUT2D eigenvalue weighted by molar-refractivity contribution is -0.276. The molecular weight excluding hydrogens is 354 g/mol. The quantitative estimate of drug-likeness (QED) is 0.662. The van der Waals surface area contributed by atoms with Crippen molar-refractivity contribution in [2.45, 2.75) is 24.1 Å². The fourth-order valence-electron chi connectivity index (χ4n) is 1.25. The number of hydrogen-bond donors (Lipinski definition) is 1. The van der Waals surface area contributed by atoms with Gasteiger partial charge in [-0.2, -0.15) is 13.2 Å². The van der Waals surface area contributed by atoms with Crippen molar-refractivity contribution < 1.29 is 39.5 Å². The van der Waals surface area contributed by atoms with Gasteiger partial charge >= 0.3 is 12.5 Å². The molecule has 0 unspecified atom stereocenters. The van der Waals surface area contributed by atoms with Crippen LogP contribution in [0.3, 0.4) is 0 Å². The summed E-state index contributed by atoms with van der Waals surface area (Å²) >= 11 is 0. The molecule has 0 atom stereocenters. The van der Waals surface area contributed by atoms with Crippen molar-refractivity contribution in [2.75, 3.05) is 0 Å². The van der Waals surface area contributed by atoms with Gasteiger partial charge in [-0.1, -0.05) is 0 Å². The average Bonchev–Trinajstić information content (AvgIpc) is 2.23. The first-order valence-corrected chi connectivity index (χ1v) is 7.08. The summed E-state index contributed by atoms with van der Waals surface area (Å²) in [5.74, 6) is -1.49. The molecule has 0 saturated carbocycles. The number of rotatable bonds is 3. The van der Waals surface area contributed by atoms with Crippen molar-refractivity contribution in [3.63, 3.8) is 0 Å². The monoisotopic (exact) mass is 358 g/mol. The predicted octanol–water partition coefficient (Wildman–Crippen LogP) is 2.39. The molecule has 1 rings (SSSR count). The molecule has 0 spiro atoms. The van der Waals surface area contributed by atoms with E-state index in [9.17, 15) is 34.8 Å². The Labute approximate surface area is 118 Å². The molecule has 0 radical (unpaired) electrons. The second-order valence-electron chi connectivity index (χ2n) is 3.49. The van der Waals surface area contributed by atoms with Gasteiger partial charge in [0.2, 0.25) is 5.03 Å². The Hall–Kier alpha value is -1.27. The van der Waals surface area contributed by atoms with Crippen LogP contribution in [0.2, 0.25) is 0 Å². The van der Waals surface area contributed by atoms with Crippen molar-refractivity contribution in [2.24, 2.45) is 5.73 Å². The Kier molecular flexibility index (Phi) is 4.65. The van der Waals surface area contributed by atoms with Crippen LogP contribution < -0.4 is 10.5 Å². The van der Waals surface area contributed by atoms with Crippen molar-refractivity contribution in [3.05, 3.63) is 17.3 Å². The third-order valence-corrected chi connectivity index (χ3v) is 3.15. The van der Waals surface area contributed by atoms with Crippen LogP contribution >= 0.6 is 10.7 Å². The molecule has 13 heteroatoms. The van der Waals surface area contributed by atoms with Gasteiger partial charge in [-0.15, -0.1) is 13.2 Å². The summed E-state index contributed by atoms with van der Waals surface area (Å²) in [6, 6.07) is 0.145. The van der Waals surface area contributed by atoms with E-state index in [1.54, 1.807) is 0 Å². The Morgan fingerprint density at radius 1 is 1.24 bits per heavy atom. The number of aromatic nitrogens is 1. The zero-order chi connectivity index (χ0) is 16.6. The highest BCUT2D eigenvalue weighted by molar-refractivity contribution is 8.13. The molecular formula is C8H5ClF6N2O3S. The van der Waals surface area contributed by atoms with Crippen LogP contribution in [0.25, 0.3) is 0 Å². The maximum Gasteiger partial charge on any atom is 0.573 e. The van der Waals surface area contributed by atoms with Crippen LogP contribution in [0.1, 0.15) is 11.3 Å². The largest absolute Gasteiger partial charge is 0.573 e. The van der Waals surface area contributed by atoms with Crippen LogP contribution in [0.5, 0.6) is 5.75 Å². The maximum absolute atomic E-state index is 12.5. The van der Waals surface area contributed by atoms with Crippen LogP contribution in [-0.4, -0.2) is 19.8 Å². The zero-order valence-electron chi connectivity index (χ0n) is 9.59. The summed E-state index contributed by atoms with van der Waals surface area (Å²) in [7, 11) is -0.243. The molecule has 1 aromatic rings. The van der Waals surface area contributed by atoms with E-state index in [0.717, 1.165) is 0 Å². The van der Waals surface area contributed by atoms with Gasteiger partial charge in [-0.05, 0) is 6.07 Å². The Bertz CT molecular complexity index is 643. The highest BCUT2D eigenvalue weighted by atomic mass is 35.7. The molecule has 0 bridgehead atoms. The zero-order valence-corrected chi connectivity index (χ0v) is 11.2. The third-order valence-electron chi connectivity index (χ3n) is 1.98. The lowest BCUT2D eigenvalue weighted by Crippen LogP contribution is -2.22. The van der Waals surface area contributed by atoms with E-state index in [0.29, 0.717) is 0 Å². The second-order valence-corrected chi connectivity index (χ2v) is 5.97. The molecule has 21 heavy (non-hydrogen) atoms. The van der Waals surface area contributed by atoms with Gasteiger partial charge in [0, 0.05) is 22.8 Å². The van der Waals surface area contributed by atoms with Gasteiger partial charge in [-0.25, -0.2) is 13.4 Å². The first-order valence-electron chi connectivity index (χ1n) is 4.77. The summed E-state index contributed by atoms with van der Waals surface area (Å²) < 4.78 is 99.9. The molecule has 0 aliphatic carbocycles. The summed E-state index contributed by atoms with van der Waals surface area (Å²) in [6.45, 7) is -0.865. The number of hydrogen-bond acceptors (Lipinski definition) is 5. The average molecular weight is 359 g/mol. The van der Waals surface area contributed by atoms with E-state index in [-0.39, 0.29) is 6.07 Å². The topological polar surface area (TPSA) is 82.3 Å². The van der Waals surface area contributed by atoms with Crippen molar-refractivity contribution in [1.29, 1.82) is 0 Å². The Balaban J connectivity index is 3.69. The molecule has 1 aromatic heterocycles. The fraction of sp³-hybridized carbons (Fsp3) is 0.375. The molecule has 120 valence electrons. The van der Waals surface area contributed by atoms with E-state index in [4.69, 9.17) is 16.4 Å². The number of nitrogens with two attached hydrogens (primary N) is 1. The molecule has 0 aromatic carbocycles. The van der Waals surface area contributed by atoms with Gasteiger partial charge in [0.1, 0.15) is 5.69 Å². The summed E-state index contributed by atoms with van der Waals surface area (Å²) in [4.78, 5) is 2.58. The van der Waals surface area contributed by atoms with Gasteiger partial charge in [0.05, 0.1) is 0 Å². The van der Waals surface area contributed by atoms with E-state index in [1.807, 2.05) is 0 Å². The summed E-state index contributed by atoms with van der Waals surface area (Å²) in [6.07, 6.45) is -10.5. The second kappa shape index (κ2) is 5.50. The SMILES string of the molecule is NCc1cc(C(F)(F)F)nc(S(=O)(=O)Cl)c1OC(F)(F)F. The number of halogens is 7. The smallest absolute Gasteiger partial charge is 0.402 e. The van der Waals surface area contributed by atoms with Crippen molar-refractivity contribution in [1.82, 2.24) is 4.98 Å². The number of pyridine rings is 1. The highest BCUT2D eigenvalue weighted by Crippen LogP contribution is 2.37. The van der Waals surface area contributed by atoms with Gasteiger partial charge in [-0.3, -0.25) is 0 Å². The van der Waals surface area contributed by atoms with Crippen LogP contribution in [-0.2, 0) is 21.8 Å². The third kappa shape index (κ3) is 4.61. The first kappa shape index (κ1) is 17.8. The fourth-order valence-corrected chi connectivity index (χ4v) is 2.16. The normalized spacial score (nSPS) is 13.3. The Morgan fingerprint density at radius 2 is 1.76 bits per heavy atom. The first-order chi connectivity index (χ1) is 9.25. The lowest BCUT2D eigenvalue weighted by atomic mass is 10.2. The predicted molar refractivity (Wildman–Crippen MR) is 56.9 cm³/mol. The molecule has 0 fully saturated rings. The standard InChI is InChI=1S/C8H5ClF6N2O3S/c9-21(18,19)6-5(20-8(13,14)15)3(2-16)1-4(17-6)7(10,11)12/h1H,2,16H2. The molecule has 5 nitrogen and oxygen atoms in total. The van der Waals surface area contributed by atoms with Crippen LogP contribution in [0, 0.1) is 0 Å². The maximum atomic E-state index is 12.5. The molecule has 0 amide bonds. The van der Waals surface area contributed by atoms with Crippen LogP contribution in [0.15, 0.2) is 11.1 Å². The van der Waals surface area contributed by atoms with Gasteiger partial charge < -0.3 is 10.5 Å². The lowest BCUT2D eigenvalue weighted by Gasteiger charge is -2.16. The molecule has 0 saturated heterocycles. The van der Waals surface area contributed by atoms with Crippen LogP contribution in [0.4, 0.5) is 26.3 Å². The van der Waals surface area contributed by atoms with Gasteiger partial charge in [0.25, 0.3) is 9.05 Å². The molecule has 2 N–H and O–H groups in total. The number of nitrogens with zero attached hydrogens (tertiary/aromatic N) is 1. The number of alkyl halides is 6. The minimum atomic E-state index is -5.37. The minimum Gasteiger partial charge on any atom is -0.402 e. The van der Waals surface area contributed by atoms with Crippen molar-refractivity contribution in [3.8, 4) is 5.75 Å². The van der Waals surface area contributed by atoms with E-state index in [1.165, 1.54) is 0 Å².